The van der Waals surface area contributed by atoms with E-state index in [-0.39, 0.29) is 24.0 Å². The van der Waals surface area contributed by atoms with Crippen LogP contribution in [0.4, 0.5) is 0 Å². The largest absolute Gasteiger partial charge is 0.374 e. The fourth-order valence-corrected chi connectivity index (χ4v) is 3.62. The molecule has 0 N–H and O–H groups in total. The molecule has 2 aliphatic heterocycles. The van der Waals surface area contributed by atoms with E-state index in [1.54, 1.807) is 33.9 Å². The first-order chi connectivity index (χ1) is 12.6. The summed E-state index contributed by atoms with van der Waals surface area (Å²) in [6, 6.07) is 5.46. The van der Waals surface area contributed by atoms with Crippen molar-refractivity contribution in [2.45, 2.75) is 25.5 Å². The smallest absolute Gasteiger partial charge is 0.257 e. The van der Waals surface area contributed by atoms with Crippen molar-refractivity contribution in [3.05, 3.63) is 41.9 Å². The number of pyridine rings is 1. The molecule has 0 aliphatic carbocycles. The Bertz CT molecular complexity index is 835. The van der Waals surface area contributed by atoms with Crippen molar-refractivity contribution in [2.75, 3.05) is 26.7 Å². The normalized spacial score (nSPS) is 23.1. The minimum absolute atomic E-state index is 0.0611. The molecule has 8 nitrogen and oxygen atoms in total. The molecule has 0 aromatic carbocycles. The third-order valence-corrected chi connectivity index (χ3v) is 5.17. The van der Waals surface area contributed by atoms with E-state index in [2.05, 4.69) is 10.1 Å². The zero-order chi connectivity index (χ0) is 18.3. The van der Waals surface area contributed by atoms with Gasteiger partial charge in [0.05, 0.1) is 42.6 Å². The highest BCUT2D eigenvalue weighted by Gasteiger charge is 2.42. The van der Waals surface area contributed by atoms with E-state index in [0.29, 0.717) is 37.5 Å². The molecule has 0 unspecified atom stereocenters. The van der Waals surface area contributed by atoms with Gasteiger partial charge < -0.3 is 14.5 Å². The second-order valence-electron chi connectivity index (χ2n) is 6.68. The summed E-state index contributed by atoms with van der Waals surface area (Å²) in [4.78, 5) is 32.8. The van der Waals surface area contributed by atoms with Gasteiger partial charge in [0.15, 0.2) is 5.82 Å². The fourth-order valence-electron chi connectivity index (χ4n) is 3.62. The van der Waals surface area contributed by atoms with Crippen LogP contribution in [-0.2, 0) is 9.53 Å². The molecule has 0 saturated carbocycles. The van der Waals surface area contributed by atoms with Gasteiger partial charge in [-0.25, -0.2) is 9.67 Å². The summed E-state index contributed by atoms with van der Waals surface area (Å²) in [6.45, 7) is 3.22. The summed E-state index contributed by atoms with van der Waals surface area (Å²) < 4.78 is 7.46. The van der Waals surface area contributed by atoms with Gasteiger partial charge in [-0.15, -0.1) is 0 Å². The van der Waals surface area contributed by atoms with Crippen LogP contribution in [0.1, 0.15) is 22.5 Å². The molecule has 2 aromatic rings. The maximum atomic E-state index is 13.0. The van der Waals surface area contributed by atoms with Crippen LogP contribution in [0.5, 0.6) is 0 Å². The molecule has 2 aliphatic rings. The number of hydrogen-bond acceptors (Lipinski definition) is 5. The number of aromatic nitrogens is 3. The molecule has 2 amide bonds. The number of nitrogens with zero attached hydrogens (tertiary/aromatic N) is 5. The van der Waals surface area contributed by atoms with E-state index in [1.807, 2.05) is 25.1 Å². The molecule has 4 rings (SSSR count). The Balaban J connectivity index is 1.56. The number of likely N-dealkylation sites (N-methyl/N-ethyl adjacent to an activating group) is 1. The first-order valence-corrected chi connectivity index (χ1v) is 8.69. The van der Waals surface area contributed by atoms with Gasteiger partial charge in [0.25, 0.3) is 5.91 Å². The van der Waals surface area contributed by atoms with Gasteiger partial charge in [-0.3, -0.25) is 9.59 Å². The summed E-state index contributed by atoms with van der Waals surface area (Å²) in [5.41, 5.74) is 1.28. The lowest BCUT2D eigenvalue weighted by molar-refractivity contribution is -0.131. The molecule has 2 atom stereocenters. The number of hydrogen-bond donors (Lipinski definition) is 0. The summed E-state index contributed by atoms with van der Waals surface area (Å²) in [7, 11) is 1.78. The standard InChI is InChI=1S/C18H21N5O3/c1-12-13(9-20-23(12)16-5-3-4-7-19-16)18(25)22-10-14-15(11-22)26-8-6-17(24)21(14)2/h3-5,7,9,14-15H,6,8,10-11H2,1-2H3/t14-,15-/m0/s1. The molecule has 0 spiro atoms. The van der Waals surface area contributed by atoms with Crippen molar-refractivity contribution in [3.63, 3.8) is 0 Å². The monoisotopic (exact) mass is 355 g/mol. The topological polar surface area (TPSA) is 80.6 Å². The summed E-state index contributed by atoms with van der Waals surface area (Å²) in [6.07, 6.45) is 3.53. The lowest BCUT2D eigenvalue weighted by Gasteiger charge is -2.25. The van der Waals surface area contributed by atoms with Crippen molar-refractivity contribution in [1.29, 1.82) is 0 Å². The number of ether oxygens (including phenoxy) is 1. The maximum absolute atomic E-state index is 13.0. The van der Waals surface area contributed by atoms with Crippen molar-refractivity contribution in [3.8, 4) is 5.82 Å². The summed E-state index contributed by atoms with van der Waals surface area (Å²) in [5, 5.41) is 4.32. The van der Waals surface area contributed by atoms with E-state index in [9.17, 15) is 9.59 Å². The molecule has 8 heteroatoms. The molecule has 2 saturated heterocycles. The van der Waals surface area contributed by atoms with Crippen LogP contribution in [0.2, 0.25) is 0 Å². The van der Waals surface area contributed by atoms with Crippen molar-refractivity contribution >= 4 is 11.8 Å². The van der Waals surface area contributed by atoms with Crippen LogP contribution in [0, 0.1) is 6.92 Å². The number of likely N-dealkylation sites (tertiary alicyclic amines) is 1. The number of carbonyl (C=O) groups is 2. The minimum atomic E-state index is -0.137. The average Bonchev–Trinajstić information content (AvgIpc) is 3.22. The van der Waals surface area contributed by atoms with E-state index in [4.69, 9.17) is 4.74 Å². The number of rotatable bonds is 2. The summed E-state index contributed by atoms with van der Waals surface area (Å²) >= 11 is 0. The molecule has 0 radical (unpaired) electrons. The van der Waals surface area contributed by atoms with Gasteiger partial charge in [0, 0.05) is 26.3 Å². The van der Waals surface area contributed by atoms with Crippen LogP contribution >= 0.6 is 0 Å². The Kier molecular flexibility index (Phi) is 4.20. The van der Waals surface area contributed by atoms with E-state index in [0.717, 1.165) is 5.69 Å². The Morgan fingerprint density at radius 2 is 2.15 bits per heavy atom. The third-order valence-electron chi connectivity index (χ3n) is 5.17. The van der Waals surface area contributed by atoms with Gasteiger partial charge in [-0.1, -0.05) is 6.07 Å². The number of amides is 2. The van der Waals surface area contributed by atoms with Gasteiger partial charge in [-0.05, 0) is 19.1 Å². The number of fused-ring (bicyclic) bond motifs is 1. The van der Waals surface area contributed by atoms with E-state index < -0.39 is 0 Å². The van der Waals surface area contributed by atoms with Gasteiger partial charge in [0.2, 0.25) is 5.91 Å². The Morgan fingerprint density at radius 3 is 2.92 bits per heavy atom. The third kappa shape index (κ3) is 2.76. The molecule has 2 fully saturated rings. The van der Waals surface area contributed by atoms with Crippen LogP contribution in [0.15, 0.2) is 30.6 Å². The lowest BCUT2D eigenvalue weighted by atomic mass is 10.2. The van der Waals surface area contributed by atoms with Crippen LogP contribution in [0.25, 0.3) is 5.82 Å². The summed E-state index contributed by atoms with van der Waals surface area (Å²) in [5.74, 6) is 0.637. The lowest BCUT2D eigenvalue weighted by Crippen LogP contribution is -2.43. The predicted octanol–water partition coefficient (Wildman–Crippen LogP) is 0.647. The quantitative estimate of drug-likeness (QED) is 0.790. The van der Waals surface area contributed by atoms with E-state index >= 15 is 0 Å². The molecular formula is C18H21N5O3. The average molecular weight is 355 g/mol. The molecule has 2 aromatic heterocycles. The van der Waals surface area contributed by atoms with Gasteiger partial charge >= 0.3 is 0 Å². The van der Waals surface area contributed by atoms with Crippen molar-refractivity contribution in [2.24, 2.45) is 0 Å². The Labute approximate surface area is 151 Å². The van der Waals surface area contributed by atoms with E-state index in [1.165, 1.54) is 0 Å². The maximum Gasteiger partial charge on any atom is 0.257 e. The van der Waals surface area contributed by atoms with Gasteiger partial charge in [-0.2, -0.15) is 5.10 Å². The zero-order valence-corrected chi connectivity index (χ0v) is 14.8. The first-order valence-electron chi connectivity index (χ1n) is 8.69. The highest BCUT2D eigenvalue weighted by atomic mass is 16.5. The van der Waals surface area contributed by atoms with Crippen LogP contribution in [0.3, 0.4) is 0 Å². The Hall–Kier alpha value is -2.74. The molecule has 0 bridgehead atoms. The molecular weight excluding hydrogens is 334 g/mol. The molecule has 136 valence electrons. The predicted molar refractivity (Wildman–Crippen MR) is 92.9 cm³/mol. The second kappa shape index (κ2) is 6.53. The highest BCUT2D eigenvalue weighted by molar-refractivity contribution is 5.95. The van der Waals surface area contributed by atoms with Crippen molar-refractivity contribution in [1.82, 2.24) is 24.6 Å². The van der Waals surface area contributed by atoms with Gasteiger partial charge in [0.1, 0.15) is 0 Å². The van der Waals surface area contributed by atoms with Crippen molar-refractivity contribution < 1.29 is 14.3 Å². The van der Waals surface area contributed by atoms with Crippen LogP contribution < -0.4 is 0 Å². The second-order valence-corrected chi connectivity index (χ2v) is 6.68. The SMILES string of the molecule is Cc1c(C(=O)N2C[C@@H]3OCCC(=O)N(C)[C@H]3C2)cnn1-c1ccccn1. The molecule has 26 heavy (non-hydrogen) atoms. The zero-order valence-electron chi connectivity index (χ0n) is 14.8. The Morgan fingerprint density at radius 1 is 1.31 bits per heavy atom. The number of carbonyl (C=O) groups excluding carboxylic acids is 2. The molecule has 4 heterocycles. The minimum Gasteiger partial charge on any atom is -0.374 e. The first kappa shape index (κ1) is 16.7. The highest BCUT2D eigenvalue weighted by Crippen LogP contribution is 2.24. The van der Waals surface area contributed by atoms with Crippen LogP contribution in [-0.4, -0.2) is 75.3 Å². The fraction of sp³-hybridized carbons (Fsp3) is 0.444.